The van der Waals surface area contributed by atoms with Crippen LogP contribution in [0.2, 0.25) is 0 Å². The molecule has 0 radical (unpaired) electrons. The normalized spacial score (nSPS) is 13.3. The summed E-state index contributed by atoms with van der Waals surface area (Å²) in [7, 11) is -9.55. The van der Waals surface area contributed by atoms with E-state index in [0.29, 0.717) is 0 Å². The number of nitrogens with zero attached hydrogens (tertiary/aromatic N) is 3. The molecule has 0 aliphatic carbocycles. The molecule has 0 unspecified atom stereocenters. The van der Waals surface area contributed by atoms with Crippen molar-refractivity contribution < 1.29 is 34.2 Å². The Bertz CT molecular complexity index is 987. The quantitative estimate of drug-likeness (QED) is 0.445. The molecule has 0 N–H and O–H groups in total. The lowest BCUT2D eigenvalue weighted by molar-refractivity contribution is -0.0500. The first kappa shape index (κ1) is 17.3. The molecule has 0 saturated carbocycles. The van der Waals surface area contributed by atoms with Crippen LogP contribution in [0.15, 0.2) is 17.4 Å². The van der Waals surface area contributed by atoms with Crippen LogP contribution in [-0.2, 0) is 20.0 Å². The van der Waals surface area contributed by atoms with E-state index in [2.05, 4.69) is 19.1 Å². The summed E-state index contributed by atoms with van der Waals surface area (Å²) in [6.07, 6.45) is 1.85. The van der Waals surface area contributed by atoms with Gasteiger partial charge in [-0.15, -0.1) is 0 Å². The van der Waals surface area contributed by atoms with Gasteiger partial charge in [0.15, 0.2) is 11.4 Å². The van der Waals surface area contributed by atoms with Gasteiger partial charge in [-0.2, -0.15) is 26.6 Å². The first-order chi connectivity index (χ1) is 10.3. The van der Waals surface area contributed by atoms with Crippen molar-refractivity contribution in [3.63, 3.8) is 0 Å². The number of halogens is 3. The predicted molar refractivity (Wildman–Crippen MR) is 70.8 cm³/mol. The fourth-order valence-electron chi connectivity index (χ4n) is 1.45. The van der Waals surface area contributed by atoms with Crippen LogP contribution in [0.25, 0.3) is 11.0 Å². The molecule has 2 heterocycles. The minimum atomic E-state index is -5.85. The molecular weight excluding hydrogens is 363 g/mol. The molecular formula is C10H8F3N3O5S2. The van der Waals surface area contributed by atoms with Crippen molar-refractivity contribution >= 4 is 31.0 Å². The fourth-order valence-corrected chi connectivity index (χ4v) is 2.44. The van der Waals surface area contributed by atoms with Gasteiger partial charge in [0.05, 0.1) is 5.69 Å². The Labute approximate surface area is 128 Å². The minimum absolute atomic E-state index is 0.00961. The Morgan fingerprint density at radius 3 is 2.26 bits per heavy atom. The molecule has 0 spiro atoms. The number of aryl methyl sites for hydroxylation is 1. The highest BCUT2D eigenvalue weighted by Crippen LogP contribution is 2.29. The maximum Gasteiger partial charge on any atom is 0.534 e. The fraction of sp³-hybridized carbons (Fsp3) is 0.300. The van der Waals surface area contributed by atoms with Gasteiger partial charge in [-0.3, -0.25) is 0 Å². The number of pyridine rings is 1. The summed E-state index contributed by atoms with van der Waals surface area (Å²) in [5.41, 5.74) is -5.94. The first-order valence-corrected chi connectivity index (χ1v) is 8.96. The standard InChI is InChI=1S/C10H8F3N3O5S2/c1-5-7(21-23(19,20)10(11,12)13)3-6-4-14-9(22(2,17)18)16-8(6)15-5/h3-4H,1-2H3. The monoisotopic (exact) mass is 371 g/mol. The van der Waals surface area contributed by atoms with E-state index in [1.54, 1.807) is 0 Å². The van der Waals surface area contributed by atoms with E-state index >= 15 is 0 Å². The molecule has 2 aromatic heterocycles. The number of alkyl halides is 3. The Morgan fingerprint density at radius 2 is 1.74 bits per heavy atom. The Morgan fingerprint density at radius 1 is 1.13 bits per heavy atom. The molecule has 13 heteroatoms. The summed E-state index contributed by atoms with van der Waals surface area (Å²) in [6.45, 7) is 1.18. The number of sulfone groups is 1. The van der Waals surface area contributed by atoms with E-state index in [1.807, 2.05) is 0 Å². The second-order valence-corrected chi connectivity index (χ2v) is 7.84. The molecule has 8 nitrogen and oxygen atoms in total. The van der Waals surface area contributed by atoms with Crippen molar-refractivity contribution in [2.45, 2.75) is 17.6 Å². The van der Waals surface area contributed by atoms with Crippen LogP contribution in [0, 0.1) is 6.92 Å². The molecule has 0 aromatic carbocycles. The maximum atomic E-state index is 12.3. The van der Waals surface area contributed by atoms with Crippen LogP contribution in [-0.4, -0.2) is 43.6 Å². The highest BCUT2D eigenvalue weighted by atomic mass is 32.2. The highest BCUT2D eigenvalue weighted by molar-refractivity contribution is 7.90. The zero-order valence-electron chi connectivity index (χ0n) is 11.5. The SMILES string of the molecule is Cc1nc2nc(S(C)(=O)=O)ncc2cc1OS(=O)(=O)C(F)(F)F. The molecule has 0 fully saturated rings. The number of hydrogen-bond acceptors (Lipinski definition) is 8. The molecule has 0 atom stereocenters. The largest absolute Gasteiger partial charge is 0.534 e. The van der Waals surface area contributed by atoms with Gasteiger partial charge in [0.2, 0.25) is 15.0 Å². The molecule has 23 heavy (non-hydrogen) atoms. The highest BCUT2D eigenvalue weighted by Gasteiger charge is 2.48. The van der Waals surface area contributed by atoms with Crippen LogP contribution in [0.3, 0.4) is 0 Å². The topological polar surface area (TPSA) is 116 Å². The summed E-state index contributed by atoms with van der Waals surface area (Å²) in [6, 6.07) is 0.924. The Balaban J connectivity index is 2.56. The van der Waals surface area contributed by atoms with Crippen LogP contribution in [0.4, 0.5) is 13.2 Å². The van der Waals surface area contributed by atoms with Gasteiger partial charge < -0.3 is 4.18 Å². The van der Waals surface area contributed by atoms with Gasteiger partial charge in [0, 0.05) is 17.8 Å². The summed E-state index contributed by atoms with van der Waals surface area (Å²) in [4.78, 5) is 10.9. The average molecular weight is 371 g/mol. The Hall–Kier alpha value is -2.02. The van der Waals surface area contributed by atoms with Crippen molar-refractivity contribution in [2.24, 2.45) is 0 Å². The van der Waals surface area contributed by atoms with Crippen molar-refractivity contribution in [1.82, 2.24) is 15.0 Å². The molecule has 0 aliphatic heterocycles. The van der Waals surface area contributed by atoms with E-state index < -0.39 is 36.4 Å². The summed E-state index contributed by atoms with van der Waals surface area (Å²) in [5.74, 6) is -0.662. The number of aromatic nitrogens is 3. The number of rotatable bonds is 3. The van der Waals surface area contributed by atoms with Crippen LogP contribution in [0.5, 0.6) is 5.75 Å². The molecule has 2 rings (SSSR count). The smallest absolute Gasteiger partial charge is 0.374 e. The molecule has 0 saturated heterocycles. The van der Waals surface area contributed by atoms with E-state index in [4.69, 9.17) is 0 Å². The van der Waals surface area contributed by atoms with Gasteiger partial charge in [-0.1, -0.05) is 0 Å². The van der Waals surface area contributed by atoms with Crippen LogP contribution in [0.1, 0.15) is 5.69 Å². The van der Waals surface area contributed by atoms with Gasteiger partial charge in [0.1, 0.15) is 0 Å². The predicted octanol–water partition coefficient (Wildman–Crippen LogP) is 0.965. The second-order valence-electron chi connectivity index (χ2n) is 4.39. The molecule has 2 aromatic rings. The van der Waals surface area contributed by atoms with E-state index in [0.717, 1.165) is 18.5 Å². The van der Waals surface area contributed by atoms with E-state index in [9.17, 15) is 30.0 Å². The lowest BCUT2D eigenvalue weighted by Gasteiger charge is -2.11. The van der Waals surface area contributed by atoms with Gasteiger partial charge in [-0.05, 0) is 13.0 Å². The lowest BCUT2D eigenvalue weighted by atomic mass is 10.3. The summed E-state index contributed by atoms with van der Waals surface area (Å²) >= 11 is 0. The summed E-state index contributed by atoms with van der Waals surface area (Å²) in [5, 5.41) is -0.510. The van der Waals surface area contributed by atoms with Crippen LogP contribution >= 0.6 is 0 Å². The van der Waals surface area contributed by atoms with E-state index in [1.165, 1.54) is 6.92 Å². The van der Waals surface area contributed by atoms with Crippen molar-refractivity contribution in [1.29, 1.82) is 0 Å². The Kier molecular flexibility index (Phi) is 3.97. The van der Waals surface area contributed by atoms with Gasteiger partial charge in [-0.25, -0.2) is 18.4 Å². The third-order valence-corrected chi connectivity index (χ3v) is 4.33. The van der Waals surface area contributed by atoms with E-state index in [-0.39, 0.29) is 16.7 Å². The van der Waals surface area contributed by atoms with Crippen LogP contribution < -0.4 is 4.18 Å². The first-order valence-electron chi connectivity index (χ1n) is 5.66. The zero-order chi connectivity index (χ0) is 17.6. The molecule has 0 aliphatic rings. The molecule has 0 amide bonds. The summed E-state index contributed by atoms with van der Waals surface area (Å²) < 4.78 is 85.7. The average Bonchev–Trinajstić information content (AvgIpc) is 2.36. The van der Waals surface area contributed by atoms with Crippen molar-refractivity contribution in [3.05, 3.63) is 18.0 Å². The number of fused-ring (bicyclic) bond motifs is 1. The molecule has 0 bridgehead atoms. The van der Waals surface area contributed by atoms with Crippen molar-refractivity contribution in [3.8, 4) is 5.75 Å². The lowest BCUT2D eigenvalue weighted by Crippen LogP contribution is -2.28. The van der Waals surface area contributed by atoms with Gasteiger partial charge >= 0.3 is 15.6 Å². The molecule has 126 valence electrons. The third-order valence-electron chi connectivity index (χ3n) is 2.51. The second kappa shape index (κ2) is 5.26. The van der Waals surface area contributed by atoms with Gasteiger partial charge in [0.25, 0.3) is 0 Å². The minimum Gasteiger partial charge on any atom is -0.374 e. The third kappa shape index (κ3) is 3.50. The zero-order valence-corrected chi connectivity index (χ0v) is 13.1. The van der Waals surface area contributed by atoms with Crippen molar-refractivity contribution in [2.75, 3.05) is 6.26 Å². The maximum absolute atomic E-state index is 12.3. The number of hydrogen-bond donors (Lipinski definition) is 0.